The fourth-order valence-corrected chi connectivity index (χ4v) is 1.75. The summed E-state index contributed by atoms with van der Waals surface area (Å²) < 4.78 is 0. The second-order valence-electron chi connectivity index (χ2n) is 3.95. The standard InChI is InChI=1S/C13H14N4O2/c1-3-9-8-12(14-2)16-13(15-9)10-6-4-5-7-11(10)17(18)19/h4-8H,3H2,1-2H3,(H,14,15,16). The summed E-state index contributed by atoms with van der Waals surface area (Å²) in [7, 11) is 1.75. The second kappa shape index (κ2) is 5.43. The largest absolute Gasteiger partial charge is 0.373 e. The third-order valence-corrected chi connectivity index (χ3v) is 2.74. The van der Waals surface area contributed by atoms with Crippen LogP contribution in [-0.4, -0.2) is 21.9 Å². The Morgan fingerprint density at radius 1 is 1.32 bits per heavy atom. The van der Waals surface area contributed by atoms with Gasteiger partial charge in [0.15, 0.2) is 5.82 Å². The number of benzene rings is 1. The Labute approximate surface area is 110 Å². The molecule has 0 aliphatic carbocycles. The SMILES string of the molecule is CCc1cc(NC)nc(-c2ccccc2[N+](=O)[O-])n1. The lowest BCUT2D eigenvalue weighted by atomic mass is 10.1. The number of anilines is 1. The summed E-state index contributed by atoms with van der Waals surface area (Å²) in [6.45, 7) is 1.98. The van der Waals surface area contributed by atoms with E-state index in [0.717, 1.165) is 12.1 Å². The Kier molecular flexibility index (Phi) is 3.70. The van der Waals surface area contributed by atoms with E-state index < -0.39 is 4.92 Å². The molecule has 0 spiro atoms. The van der Waals surface area contributed by atoms with Gasteiger partial charge >= 0.3 is 0 Å². The van der Waals surface area contributed by atoms with Gasteiger partial charge in [-0.3, -0.25) is 10.1 Å². The molecule has 0 radical (unpaired) electrons. The molecule has 19 heavy (non-hydrogen) atoms. The lowest BCUT2D eigenvalue weighted by molar-refractivity contribution is -0.384. The lowest BCUT2D eigenvalue weighted by Crippen LogP contribution is -2.02. The molecule has 0 saturated carbocycles. The summed E-state index contributed by atoms with van der Waals surface area (Å²) in [4.78, 5) is 19.3. The predicted molar refractivity (Wildman–Crippen MR) is 73.0 cm³/mol. The Morgan fingerprint density at radius 2 is 2.05 bits per heavy atom. The molecule has 1 aromatic heterocycles. The zero-order chi connectivity index (χ0) is 13.8. The molecular weight excluding hydrogens is 244 g/mol. The molecule has 0 aliphatic rings. The molecule has 1 heterocycles. The summed E-state index contributed by atoms with van der Waals surface area (Å²) >= 11 is 0. The van der Waals surface area contributed by atoms with Crippen LogP contribution in [0, 0.1) is 10.1 Å². The molecule has 0 unspecified atom stereocenters. The molecule has 2 aromatic rings. The Hall–Kier alpha value is -2.50. The summed E-state index contributed by atoms with van der Waals surface area (Å²) in [5.41, 5.74) is 1.28. The van der Waals surface area contributed by atoms with Crippen molar-refractivity contribution in [2.45, 2.75) is 13.3 Å². The first-order valence-corrected chi connectivity index (χ1v) is 5.95. The van der Waals surface area contributed by atoms with Crippen molar-refractivity contribution in [3.8, 4) is 11.4 Å². The summed E-state index contributed by atoms with van der Waals surface area (Å²) in [5, 5.41) is 14.0. The van der Waals surface area contributed by atoms with Crippen LogP contribution in [0.5, 0.6) is 0 Å². The van der Waals surface area contributed by atoms with Crippen LogP contribution < -0.4 is 5.32 Å². The zero-order valence-corrected chi connectivity index (χ0v) is 10.8. The van der Waals surface area contributed by atoms with E-state index in [1.165, 1.54) is 6.07 Å². The van der Waals surface area contributed by atoms with Crippen LogP contribution in [0.15, 0.2) is 30.3 Å². The molecule has 2 rings (SSSR count). The molecule has 1 N–H and O–H groups in total. The highest BCUT2D eigenvalue weighted by atomic mass is 16.6. The Morgan fingerprint density at radius 3 is 2.68 bits per heavy atom. The van der Waals surface area contributed by atoms with Crippen molar-refractivity contribution in [2.24, 2.45) is 0 Å². The van der Waals surface area contributed by atoms with Gasteiger partial charge in [0.2, 0.25) is 0 Å². The van der Waals surface area contributed by atoms with Crippen molar-refractivity contribution >= 4 is 11.5 Å². The minimum absolute atomic E-state index is 0.0119. The molecular formula is C13H14N4O2. The van der Waals surface area contributed by atoms with Gasteiger partial charge in [-0.05, 0) is 12.5 Å². The minimum Gasteiger partial charge on any atom is -0.373 e. The van der Waals surface area contributed by atoms with Gasteiger partial charge in [-0.15, -0.1) is 0 Å². The van der Waals surface area contributed by atoms with Crippen molar-refractivity contribution in [1.29, 1.82) is 0 Å². The molecule has 1 aromatic carbocycles. The number of nitro benzene ring substituents is 1. The van der Waals surface area contributed by atoms with E-state index in [0.29, 0.717) is 17.2 Å². The molecule has 0 aliphatic heterocycles. The van der Waals surface area contributed by atoms with E-state index in [9.17, 15) is 10.1 Å². The van der Waals surface area contributed by atoms with Crippen LogP contribution in [0.2, 0.25) is 0 Å². The lowest BCUT2D eigenvalue weighted by Gasteiger charge is -2.07. The molecule has 6 heteroatoms. The molecule has 0 atom stereocenters. The topological polar surface area (TPSA) is 81.0 Å². The van der Waals surface area contributed by atoms with Crippen LogP contribution in [-0.2, 0) is 6.42 Å². The van der Waals surface area contributed by atoms with Gasteiger partial charge in [-0.1, -0.05) is 19.1 Å². The van der Waals surface area contributed by atoms with Crippen LogP contribution >= 0.6 is 0 Å². The number of para-hydroxylation sites is 1. The number of hydrogen-bond acceptors (Lipinski definition) is 5. The summed E-state index contributed by atoms with van der Waals surface area (Å²) in [5.74, 6) is 1.02. The zero-order valence-electron chi connectivity index (χ0n) is 10.8. The molecule has 0 fully saturated rings. The highest BCUT2D eigenvalue weighted by Crippen LogP contribution is 2.27. The normalized spacial score (nSPS) is 10.2. The van der Waals surface area contributed by atoms with Gasteiger partial charge < -0.3 is 5.32 Å². The number of aromatic nitrogens is 2. The molecule has 6 nitrogen and oxygen atoms in total. The van der Waals surface area contributed by atoms with Gasteiger partial charge in [-0.25, -0.2) is 9.97 Å². The quantitative estimate of drug-likeness (QED) is 0.673. The van der Waals surface area contributed by atoms with Crippen molar-refractivity contribution in [3.63, 3.8) is 0 Å². The van der Waals surface area contributed by atoms with Crippen LogP contribution in [0.25, 0.3) is 11.4 Å². The average molecular weight is 258 g/mol. The molecule has 0 saturated heterocycles. The van der Waals surface area contributed by atoms with E-state index in [-0.39, 0.29) is 5.69 Å². The Balaban J connectivity index is 2.61. The monoisotopic (exact) mass is 258 g/mol. The minimum atomic E-state index is -0.420. The maximum atomic E-state index is 11.0. The third kappa shape index (κ3) is 2.67. The third-order valence-electron chi connectivity index (χ3n) is 2.74. The smallest absolute Gasteiger partial charge is 0.280 e. The second-order valence-corrected chi connectivity index (χ2v) is 3.95. The number of aryl methyl sites for hydroxylation is 1. The predicted octanol–water partition coefficient (Wildman–Crippen LogP) is 2.66. The van der Waals surface area contributed by atoms with Crippen LogP contribution in [0.1, 0.15) is 12.6 Å². The van der Waals surface area contributed by atoms with Crippen molar-refractivity contribution in [2.75, 3.05) is 12.4 Å². The maximum absolute atomic E-state index is 11.0. The number of rotatable bonds is 4. The van der Waals surface area contributed by atoms with E-state index in [1.807, 2.05) is 13.0 Å². The number of nitrogens with zero attached hydrogens (tertiary/aromatic N) is 3. The number of nitro groups is 1. The first kappa shape index (κ1) is 12.9. The Bertz CT molecular complexity index is 591. The maximum Gasteiger partial charge on any atom is 0.280 e. The summed E-state index contributed by atoms with van der Waals surface area (Å²) in [6.07, 6.45) is 0.741. The van der Waals surface area contributed by atoms with Crippen LogP contribution in [0.3, 0.4) is 0 Å². The number of hydrogen-bond donors (Lipinski definition) is 1. The van der Waals surface area contributed by atoms with Crippen molar-refractivity contribution in [1.82, 2.24) is 9.97 Å². The van der Waals surface area contributed by atoms with Crippen molar-refractivity contribution in [3.05, 3.63) is 46.1 Å². The summed E-state index contributed by atoms with van der Waals surface area (Å²) in [6, 6.07) is 8.31. The van der Waals surface area contributed by atoms with Gasteiger partial charge in [0, 0.05) is 24.9 Å². The van der Waals surface area contributed by atoms with E-state index in [1.54, 1.807) is 25.2 Å². The van der Waals surface area contributed by atoms with Crippen molar-refractivity contribution < 1.29 is 4.92 Å². The molecule has 98 valence electrons. The average Bonchev–Trinajstić information content (AvgIpc) is 2.46. The van der Waals surface area contributed by atoms with E-state index in [4.69, 9.17) is 0 Å². The van der Waals surface area contributed by atoms with Gasteiger partial charge in [0.25, 0.3) is 5.69 Å². The first-order chi connectivity index (χ1) is 9.15. The van der Waals surface area contributed by atoms with Gasteiger partial charge in [-0.2, -0.15) is 0 Å². The van der Waals surface area contributed by atoms with Gasteiger partial charge in [0.05, 0.1) is 10.5 Å². The highest BCUT2D eigenvalue weighted by Gasteiger charge is 2.17. The molecule has 0 amide bonds. The van der Waals surface area contributed by atoms with E-state index >= 15 is 0 Å². The van der Waals surface area contributed by atoms with Crippen LogP contribution in [0.4, 0.5) is 11.5 Å². The number of nitrogens with one attached hydrogen (secondary N) is 1. The van der Waals surface area contributed by atoms with E-state index in [2.05, 4.69) is 15.3 Å². The van der Waals surface area contributed by atoms with Gasteiger partial charge in [0.1, 0.15) is 5.82 Å². The fraction of sp³-hybridized carbons (Fsp3) is 0.231. The molecule has 0 bridgehead atoms. The first-order valence-electron chi connectivity index (χ1n) is 5.95. The fourth-order valence-electron chi connectivity index (χ4n) is 1.75. The highest BCUT2D eigenvalue weighted by molar-refractivity contribution is 5.68.